The zero-order chi connectivity index (χ0) is 16.8. The second-order valence-electron chi connectivity index (χ2n) is 5.21. The molecule has 2 aromatic heterocycles. The summed E-state index contributed by atoms with van der Waals surface area (Å²) in [6, 6.07) is 8.36. The summed E-state index contributed by atoms with van der Waals surface area (Å²) in [5, 5.41) is 18.0. The van der Waals surface area contributed by atoms with E-state index in [1.54, 1.807) is 30.5 Å². The Labute approximate surface area is 137 Å². The Bertz CT molecular complexity index is 757. The first kappa shape index (κ1) is 16.0. The Balaban J connectivity index is 1.76. The lowest BCUT2D eigenvalue weighted by Gasteiger charge is -2.24. The molecule has 1 N–H and O–H groups in total. The zero-order valence-electron chi connectivity index (χ0n) is 12.9. The molecular weight excluding hydrogens is 316 g/mol. The molecule has 0 fully saturated rings. The summed E-state index contributed by atoms with van der Waals surface area (Å²) in [5.74, 6) is 0.244. The Kier molecular flexibility index (Phi) is 5.09. The van der Waals surface area contributed by atoms with Crippen LogP contribution in [0.2, 0.25) is 0 Å². The summed E-state index contributed by atoms with van der Waals surface area (Å²) >= 11 is 0. The fraction of sp³-hybridized carbons (Fsp3) is 0.333. The van der Waals surface area contributed by atoms with Crippen molar-refractivity contribution in [3.05, 3.63) is 53.9 Å². The average Bonchev–Trinajstić information content (AvgIpc) is 3.24. The Hall–Kier alpha value is -2.84. The van der Waals surface area contributed by atoms with Gasteiger partial charge in [0, 0.05) is 19.2 Å². The van der Waals surface area contributed by atoms with Crippen molar-refractivity contribution in [2.24, 2.45) is 0 Å². The van der Waals surface area contributed by atoms with E-state index in [0.717, 1.165) is 5.69 Å². The molecule has 0 bridgehead atoms. The first-order valence-electron chi connectivity index (χ1n) is 7.56. The van der Waals surface area contributed by atoms with Gasteiger partial charge in [0.25, 0.3) is 0 Å². The van der Waals surface area contributed by atoms with E-state index in [0.29, 0.717) is 31.0 Å². The lowest BCUT2D eigenvalue weighted by Crippen LogP contribution is -2.27. The second kappa shape index (κ2) is 7.62. The molecule has 7 nitrogen and oxygen atoms in total. The quantitative estimate of drug-likeness (QED) is 0.680. The van der Waals surface area contributed by atoms with E-state index in [2.05, 4.69) is 25.7 Å². The van der Waals surface area contributed by atoms with E-state index in [1.807, 2.05) is 4.90 Å². The lowest BCUT2D eigenvalue weighted by atomic mass is 10.2. The third kappa shape index (κ3) is 3.92. The first-order chi connectivity index (χ1) is 11.8. The van der Waals surface area contributed by atoms with E-state index in [9.17, 15) is 8.78 Å². The molecule has 2 heterocycles. The Morgan fingerprint density at radius 1 is 1.21 bits per heavy atom. The molecule has 9 heteroatoms. The monoisotopic (exact) mass is 333 g/mol. The summed E-state index contributed by atoms with van der Waals surface area (Å²) in [7, 11) is 0. The number of nitrogens with zero attached hydrogens (tertiary/aromatic N) is 6. The van der Waals surface area contributed by atoms with Crippen LogP contribution >= 0.6 is 0 Å². The third-order valence-corrected chi connectivity index (χ3v) is 3.55. The van der Waals surface area contributed by atoms with Gasteiger partial charge in [0.2, 0.25) is 0 Å². The molecule has 3 rings (SSSR count). The molecule has 0 amide bonds. The van der Waals surface area contributed by atoms with Gasteiger partial charge in [0.1, 0.15) is 12.5 Å². The number of hydrogen-bond acceptors (Lipinski definition) is 5. The second-order valence-corrected chi connectivity index (χ2v) is 5.21. The molecule has 0 saturated heterocycles. The number of tetrazole rings is 1. The lowest BCUT2D eigenvalue weighted by molar-refractivity contribution is 0.425. The van der Waals surface area contributed by atoms with Crippen molar-refractivity contribution in [2.45, 2.75) is 19.5 Å². The number of H-pyrrole nitrogens is 1. The van der Waals surface area contributed by atoms with Gasteiger partial charge < -0.3 is 4.90 Å². The topological polar surface area (TPSA) is 75.5 Å². The van der Waals surface area contributed by atoms with E-state index < -0.39 is 6.67 Å². The largest absolute Gasteiger partial charge is 0.363 e. The van der Waals surface area contributed by atoms with Crippen LogP contribution in [0, 0.1) is 5.82 Å². The van der Waals surface area contributed by atoms with Crippen molar-refractivity contribution >= 4 is 5.69 Å². The fourth-order valence-electron chi connectivity index (χ4n) is 2.41. The van der Waals surface area contributed by atoms with E-state index in [4.69, 9.17) is 0 Å². The fourth-order valence-corrected chi connectivity index (χ4v) is 2.41. The highest BCUT2D eigenvalue weighted by Crippen LogP contribution is 2.20. The van der Waals surface area contributed by atoms with Crippen molar-refractivity contribution in [1.29, 1.82) is 0 Å². The first-order valence-corrected chi connectivity index (χ1v) is 7.56. The zero-order valence-corrected chi connectivity index (χ0v) is 12.9. The van der Waals surface area contributed by atoms with Gasteiger partial charge in [-0.1, -0.05) is 17.3 Å². The summed E-state index contributed by atoms with van der Waals surface area (Å²) in [5.41, 5.74) is 1.21. The van der Waals surface area contributed by atoms with Crippen LogP contribution in [0.15, 0.2) is 36.5 Å². The van der Waals surface area contributed by atoms with Gasteiger partial charge in [-0.15, -0.1) is 10.2 Å². The number of benzene rings is 1. The maximum absolute atomic E-state index is 14.2. The Morgan fingerprint density at radius 2 is 2.08 bits per heavy atom. The molecule has 0 aliphatic carbocycles. The molecule has 0 saturated carbocycles. The van der Waals surface area contributed by atoms with E-state index in [-0.39, 0.29) is 12.4 Å². The molecule has 0 aliphatic heterocycles. The predicted octanol–water partition coefficient (Wildman–Crippen LogP) is 1.75. The van der Waals surface area contributed by atoms with Gasteiger partial charge in [-0.05, 0) is 18.2 Å². The van der Waals surface area contributed by atoms with Gasteiger partial charge in [-0.25, -0.2) is 8.78 Å². The van der Waals surface area contributed by atoms with E-state index >= 15 is 0 Å². The number of aromatic nitrogens is 6. The minimum absolute atomic E-state index is 0.211. The van der Waals surface area contributed by atoms with Gasteiger partial charge in [0.05, 0.1) is 24.5 Å². The number of anilines is 1. The Morgan fingerprint density at radius 3 is 2.83 bits per heavy atom. The summed E-state index contributed by atoms with van der Waals surface area (Å²) in [6.07, 6.45) is 2.23. The smallest absolute Gasteiger partial charge is 0.176 e. The number of rotatable bonds is 8. The molecule has 126 valence electrons. The van der Waals surface area contributed by atoms with Gasteiger partial charge in [-0.2, -0.15) is 10.3 Å². The van der Waals surface area contributed by atoms with E-state index in [1.165, 1.54) is 10.7 Å². The highest BCUT2D eigenvalue weighted by Gasteiger charge is 2.14. The van der Waals surface area contributed by atoms with Crippen LogP contribution < -0.4 is 4.90 Å². The summed E-state index contributed by atoms with van der Waals surface area (Å²) in [4.78, 5) is 1.85. The maximum Gasteiger partial charge on any atom is 0.176 e. The van der Waals surface area contributed by atoms with Crippen molar-refractivity contribution in [1.82, 2.24) is 30.4 Å². The molecule has 0 radical (unpaired) electrons. The number of aryl methyl sites for hydroxylation is 1. The molecule has 3 aromatic rings. The molecule has 0 aliphatic rings. The maximum atomic E-state index is 14.2. The van der Waals surface area contributed by atoms with Crippen LogP contribution in [0.3, 0.4) is 0 Å². The SMILES string of the molecule is FCCn1ccc(CN(CCc2nn[nH]n2)c2ccccc2F)n1. The molecule has 0 spiro atoms. The standard InChI is InChI=1S/C15H17F2N7/c16-7-10-24-9-5-12(20-24)11-23(8-6-15-18-21-22-19-15)14-4-2-1-3-13(14)17/h1-5,9H,6-8,10-11H2,(H,18,19,21,22). The van der Waals surface area contributed by atoms with Crippen LogP contribution in [-0.4, -0.2) is 43.6 Å². The minimum Gasteiger partial charge on any atom is -0.363 e. The average molecular weight is 333 g/mol. The van der Waals surface area contributed by atoms with Crippen LogP contribution in [0.5, 0.6) is 0 Å². The summed E-state index contributed by atoms with van der Waals surface area (Å²) < 4.78 is 28.1. The predicted molar refractivity (Wildman–Crippen MR) is 83.5 cm³/mol. The number of halogens is 2. The van der Waals surface area contributed by atoms with Gasteiger partial charge >= 0.3 is 0 Å². The molecule has 1 aromatic carbocycles. The van der Waals surface area contributed by atoms with Crippen molar-refractivity contribution in [2.75, 3.05) is 18.1 Å². The third-order valence-electron chi connectivity index (χ3n) is 3.55. The minimum atomic E-state index is -0.476. The highest BCUT2D eigenvalue weighted by molar-refractivity contribution is 5.47. The number of nitrogens with one attached hydrogen (secondary N) is 1. The van der Waals surface area contributed by atoms with Gasteiger partial charge in [0.15, 0.2) is 5.82 Å². The normalized spacial score (nSPS) is 10.9. The molecule has 0 unspecified atom stereocenters. The number of hydrogen-bond donors (Lipinski definition) is 1. The van der Waals surface area contributed by atoms with Crippen LogP contribution in [0.25, 0.3) is 0 Å². The number of alkyl halides is 1. The molecule has 24 heavy (non-hydrogen) atoms. The van der Waals surface area contributed by atoms with Gasteiger partial charge in [-0.3, -0.25) is 4.68 Å². The highest BCUT2D eigenvalue weighted by atomic mass is 19.1. The van der Waals surface area contributed by atoms with Crippen LogP contribution in [0.4, 0.5) is 14.5 Å². The van der Waals surface area contributed by atoms with Crippen LogP contribution in [0.1, 0.15) is 11.5 Å². The number of aromatic amines is 1. The summed E-state index contributed by atoms with van der Waals surface area (Å²) in [6.45, 7) is 0.632. The number of para-hydroxylation sites is 1. The molecule has 0 atom stereocenters. The van der Waals surface area contributed by atoms with Crippen molar-refractivity contribution in [3.8, 4) is 0 Å². The van der Waals surface area contributed by atoms with Crippen LogP contribution in [-0.2, 0) is 19.5 Å². The molecular formula is C15H17F2N7. The van der Waals surface area contributed by atoms with Crippen molar-refractivity contribution < 1.29 is 8.78 Å². The van der Waals surface area contributed by atoms with Crippen molar-refractivity contribution in [3.63, 3.8) is 0 Å².